The van der Waals surface area contributed by atoms with Crippen LogP contribution in [0.25, 0.3) is 0 Å². The lowest BCUT2D eigenvalue weighted by Gasteiger charge is -2.17. The molecule has 0 saturated carbocycles. The molecule has 0 bridgehead atoms. The summed E-state index contributed by atoms with van der Waals surface area (Å²) in [6.07, 6.45) is 0. The van der Waals surface area contributed by atoms with Crippen LogP contribution in [-0.4, -0.2) is 32.2 Å². The van der Waals surface area contributed by atoms with Gasteiger partial charge >= 0.3 is 0 Å². The van der Waals surface area contributed by atoms with Gasteiger partial charge in [0.2, 0.25) is 15.9 Å². The third kappa shape index (κ3) is 4.68. The monoisotopic (exact) mass is 372 g/mol. The summed E-state index contributed by atoms with van der Waals surface area (Å²) in [4.78, 5) is 12.1. The summed E-state index contributed by atoms with van der Waals surface area (Å²) >= 11 is 11.6. The van der Waals surface area contributed by atoms with Gasteiger partial charge in [0.1, 0.15) is 0 Å². The lowest BCUT2D eigenvalue weighted by atomic mass is 10.3. The molecular formula is C15H14Cl2N2O3S. The van der Waals surface area contributed by atoms with Gasteiger partial charge in [-0.2, -0.15) is 4.31 Å². The van der Waals surface area contributed by atoms with Gasteiger partial charge in [-0.1, -0.05) is 29.3 Å². The van der Waals surface area contributed by atoms with Gasteiger partial charge in [0.15, 0.2) is 0 Å². The first kappa shape index (κ1) is 17.7. The highest BCUT2D eigenvalue weighted by molar-refractivity contribution is 7.89. The fourth-order valence-corrected chi connectivity index (χ4v) is 3.28. The Morgan fingerprint density at radius 2 is 1.74 bits per heavy atom. The quantitative estimate of drug-likeness (QED) is 0.875. The van der Waals surface area contributed by atoms with Crippen LogP contribution < -0.4 is 5.32 Å². The number of carbonyl (C=O) groups excluding carboxylic acids is 1. The van der Waals surface area contributed by atoms with Crippen molar-refractivity contribution in [2.24, 2.45) is 0 Å². The molecule has 1 N–H and O–H groups in total. The van der Waals surface area contributed by atoms with Gasteiger partial charge in [0.25, 0.3) is 0 Å². The van der Waals surface area contributed by atoms with Crippen LogP contribution in [-0.2, 0) is 14.8 Å². The minimum absolute atomic E-state index is 0.0694. The highest BCUT2D eigenvalue weighted by Gasteiger charge is 2.22. The topological polar surface area (TPSA) is 66.5 Å². The third-order valence-corrected chi connectivity index (χ3v) is 5.30. The predicted octanol–water partition coefficient (Wildman–Crippen LogP) is 3.25. The molecule has 23 heavy (non-hydrogen) atoms. The van der Waals surface area contributed by atoms with Gasteiger partial charge in [-0.05, 0) is 42.5 Å². The number of rotatable bonds is 5. The Morgan fingerprint density at radius 1 is 1.09 bits per heavy atom. The molecule has 122 valence electrons. The molecule has 0 unspecified atom stereocenters. The van der Waals surface area contributed by atoms with Crippen molar-refractivity contribution in [1.29, 1.82) is 0 Å². The molecule has 8 heteroatoms. The van der Waals surface area contributed by atoms with E-state index < -0.39 is 15.9 Å². The van der Waals surface area contributed by atoms with Gasteiger partial charge in [-0.15, -0.1) is 0 Å². The Bertz CT molecular complexity index is 808. The van der Waals surface area contributed by atoms with Crippen molar-refractivity contribution in [1.82, 2.24) is 4.31 Å². The smallest absolute Gasteiger partial charge is 0.243 e. The molecule has 5 nitrogen and oxygen atoms in total. The first-order chi connectivity index (χ1) is 10.8. The van der Waals surface area contributed by atoms with Crippen molar-refractivity contribution in [2.75, 3.05) is 18.9 Å². The number of anilines is 1. The predicted molar refractivity (Wildman–Crippen MR) is 91.3 cm³/mol. The first-order valence-electron chi connectivity index (χ1n) is 6.56. The Kier molecular flexibility index (Phi) is 5.64. The van der Waals surface area contributed by atoms with Crippen LogP contribution in [0.4, 0.5) is 5.69 Å². The van der Waals surface area contributed by atoms with Crippen molar-refractivity contribution in [3.63, 3.8) is 0 Å². The van der Waals surface area contributed by atoms with E-state index in [9.17, 15) is 13.2 Å². The molecule has 0 aliphatic rings. The second kappa shape index (κ2) is 7.31. The lowest BCUT2D eigenvalue weighted by molar-refractivity contribution is -0.116. The van der Waals surface area contributed by atoms with Gasteiger partial charge in [0, 0.05) is 22.8 Å². The fourth-order valence-electron chi connectivity index (χ4n) is 1.84. The maximum Gasteiger partial charge on any atom is 0.243 e. The van der Waals surface area contributed by atoms with Gasteiger partial charge < -0.3 is 5.32 Å². The zero-order chi connectivity index (χ0) is 17.0. The summed E-state index contributed by atoms with van der Waals surface area (Å²) in [5.41, 5.74) is 0.500. The Hall–Kier alpha value is -1.60. The summed E-state index contributed by atoms with van der Waals surface area (Å²) in [6.45, 7) is -0.322. The van der Waals surface area contributed by atoms with E-state index in [0.29, 0.717) is 15.7 Å². The molecule has 0 aliphatic heterocycles. The van der Waals surface area contributed by atoms with Crippen LogP contribution in [0.15, 0.2) is 53.4 Å². The molecule has 0 aromatic heterocycles. The molecule has 0 atom stereocenters. The number of hydrogen-bond acceptors (Lipinski definition) is 3. The summed E-state index contributed by atoms with van der Waals surface area (Å²) in [5, 5.41) is 3.51. The molecule has 1 amide bonds. The lowest BCUT2D eigenvalue weighted by Crippen LogP contribution is -2.34. The molecule has 2 aromatic rings. The first-order valence-corrected chi connectivity index (χ1v) is 8.76. The fraction of sp³-hybridized carbons (Fsp3) is 0.133. The number of nitrogens with zero attached hydrogens (tertiary/aromatic N) is 1. The standard InChI is InChI=1S/C15H14Cl2N2O3S/c1-19(23(21,22)14-7-5-11(16)6-8-14)10-15(20)18-13-4-2-3-12(17)9-13/h2-9H,10H2,1H3,(H,18,20). The third-order valence-electron chi connectivity index (χ3n) is 3.00. The van der Waals surface area contributed by atoms with Gasteiger partial charge in [-0.25, -0.2) is 8.42 Å². The van der Waals surface area contributed by atoms with Crippen molar-refractivity contribution >= 4 is 44.8 Å². The summed E-state index contributed by atoms with van der Waals surface area (Å²) in [7, 11) is -2.43. The molecule has 0 aliphatic carbocycles. The number of nitrogens with one attached hydrogen (secondary N) is 1. The maximum absolute atomic E-state index is 12.4. The van der Waals surface area contributed by atoms with Crippen LogP contribution in [0.5, 0.6) is 0 Å². The number of hydrogen-bond donors (Lipinski definition) is 1. The van der Waals surface area contributed by atoms with E-state index in [1.165, 1.54) is 31.3 Å². The summed E-state index contributed by atoms with van der Waals surface area (Å²) in [6, 6.07) is 12.3. The van der Waals surface area contributed by atoms with Crippen molar-refractivity contribution in [2.45, 2.75) is 4.90 Å². The van der Waals surface area contributed by atoms with E-state index in [2.05, 4.69) is 5.32 Å². The number of benzene rings is 2. The molecule has 0 spiro atoms. The van der Waals surface area contributed by atoms with Crippen LogP contribution in [0, 0.1) is 0 Å². The van der Waals surface area contributed by atoms with Crippen molar-refractivity contribution in [3.05, 3.63) is 58.6 Å². The Balaban J connectivity index is 2.06. The molecule has 2 aromatic carbocycles. The van der Waals surface area contributed by atoms with Crippen LogP contribution in [0.1, 0.15) is 0 Å². The summed E-state index contributed by atoms with van der Waals surface area (Å²) in [5.74, 6) is -0.465. The second-order valence-electron chi connectivity index (χ2n) is 4.77. The molecule has 0 heterocycles. The zero-order valence-electron chi connectivity index (χ0n) is 12.2. The Labute approximate surface area is 144 Å². The van der Waals surface area contributed by atoms with E-state index in [1.807, 2.05) is 0 Å². The average Bonchev–Trinajstić information content (AvgIpc) is 2.47. The van der Waals surface area contributed by atoms with Gasteiger partial charge in [0.05, 0.1) is 11.4 Å². The van der Waals surface area contributed by atoms with E-state index in [-0.39, 0.29) is 11.4 Å². The van der Waals surface area contributed by atoms with E-state index in [0.717, 1.165) is 4.31 Å². The number of amides is 1. The van der Waals surface area contributed by atoms with E-state index in [4.69, 9.17) is 23.2 Å². The zero-order valence-corrected chi connectivity index (χ0v) is 14.5. The number of carbonyl (C=O) groups is 1. The average molecular weight is 373 g/mol. The number of sulfonamides is 1. The minimum Gasteiger partial charge on any atom is -0.325 e. The van der Waals surface area contributed by atoms with Crippen LogP contribution >= 0.6 is 23.2 Å². The molecule has 0 saturated heterocycles. The molecule has 0 fully saturated rings. The summed E-state index contributed by atoms with van der Waals surface area (Å²) < 4.78 is 25.7. The Morgan fingerprint density at radius 3 is 2.35 bits per heavy atom. The van der Waals surface area contributed by atoms with Crippen molar-refractivity contribution in [3.8, 4) is 0 Å². The van der Waals surface area contributed by atoms with Gasteiger partial charge in [-0.3, -0.25) is 4.79 Å². The largest absolute Gasteiger partial charge is 0.325 e. The SMILES string of the molecule is CN(CC(=O)Nc1cccc(Cl)c1)S(=O)(=O)c1ccc(Cl)cc1. The normalized spacial score (nSPS) is 11.5. The second-order valence-corrected chi connectivity index (χ2v) is 7.69. The number of likely N-dealkylation sites (N-methyl/N-ethyl adjacent to an activating group) is 1. The van der Waals surface area contributed by atoms with Crippen molar-refractivity contribution < 1.29 is 13.2 Å². The van der Waals surface area contributed by atoms with Crippen LogP contribution in [0.2, 0.25) is 10.0 Å². The van der Waals surface area contributed by atoms with E-state index >= 15 is 0 Å². The minimum atomic E-state index is -3.76. The maximum atomic E-state index is 12.4. The van der Waals surface area contributed by atoms with E-state index in [1.54, 1.807) is 24.3 Å². The highest BCUT2D eigenvalue weighted by Crippen LogP contribution is 2.18. The number of halogens is 2. The molecule has 2 rings (SSSR count). The molecule has 0 radical (unpaired) electrons. The molecular weight excluding hydrogens is 359 g/mol. The van der Waals surface area contributed by atoms with Crippen LogP contribution in [0.3, 0.4) is 0 Å². The highest BCUT2D eigenvalue weighted by atomic mass is 35.5.